The molecule has 11 aromatic rings. The van der Waals surface area contributed by atoms with Crippen LogP contribution < -0.4 is 4.90 Å². The van der Waals surface area contributed by atoms with Gasteiger partial charge in [0.25, 0.3) is 0 Å². The smallest absolute Gasteiger partial charge is 0.0546 e. The van der Waals surface area contributed by atoms with E-state index in [1.165, 1.54) is 84.5 Å². The number of hydrogen-bond donors (Lipinski definition) is 0. The number of fused-ring (bicyclic) bond motifs is 7. The van der Waals surface area contributed by atoms with Crippen molar-refractivity contribution in [1.29, 1.82) is 0 Å². The van der Waals surface area contributed by atoms with Crippen molar-refractivity contribution in [1.82, 2.24) is 0 Å². The van der Waals surface area contributed by atoms with Crippen LogP contribution in [0.3, 0.4) is 0 Å². The largest absolute Gasteiger partial charge is 0.310 e. The number of hydrogen-bond acceptors (Lipinski definition) is 3. The van der Waals surface area contributed by atoms with Gasteiger partial charge in [-0.2, -0.15) is 0 Å². The van der Waals surface area contributed by atoms with Crippen LogP contribution in [0.1, 0.15) is 0 Å². The van der Waals surface area contributed by atoms with Crippen LogP contribution in [-0.2, 0) is 0 Å². The standard InChI is InChI=1S/C52H33NS2/c1-3-13-34(14-4-1)36-19-11-20-40(29-36)53(41-26-28-44-43-21-9-10-24-48(43)54-51(44)33-41)47-23-12-22-42(35-15-5-2-6-16-35)52(47)39-25-27-45-46-30-37-17-7-8-18-38(37)31-50(46)55-49(45)32-39/h1-33H. The molecule has 0 fully saturated rings. The van der Waals surface area contributed by atoms with Gasteiger partial charge in [0.15, 0.2) is 0 Å². The van der Waals surface area contributed by atoms with E-state index >= 15 is 0 Å². The van der Waals surface area contributed by atoms with E-state index in [-0.39, 0.29) is 0 Å². The van der Waals surface area contributed by atoms with Gasteiger partial charge < -0.3 is 4.90 Å². The molecule has 3 heteroatoms. The van der Waals surface area contributed by atoms with E-state index in [9.17, 15) is 0 Å². The van der Waals surface area contributed by atoms with Gasteiger partial charge in [0, 0.05) is 57.3 Å². The summed E-state index contributed by atoms with van der Waals surface area (Å²) in [6.07, 6.45) is 0. The molecule has 0 aliphatic heterocycles. The SMILES string of the molecule is c1ccc(-c2cccc(N(c3ccc4c(c3)sc3ccccc34)c3cccc(-c4ccccc4)c3-c3ccc4c(c3)sc3cc5ccccc5cc34)c2)cc1. The molecule has 0 atom stereocenters. The molecule has 0 radical (unpaired) electrons. The highest BCUT2D eigenvalue weighted by molar-refractivity contribution is 7.26. The monoisotopic (exact) mass is 735 g/mol. The fourth-order valence-corrected chi connectivity index (χ4v) is 10.6. The molecule has 0 aliphatic rings. The second-order valence-corrected chi connectivity index (χ2v) is 16.3. The van der Waals surface area contributed by atoms with Gasteiger partial charge in [0.1, 0.15) is 0 Å². The molecule has 1 nitrogen and oxygen atoms in total. The second-order valence-electron chi connectivity index (χ2n) is 14.1. The lowest BCUT2D eigenvalue weighted by Gasteiger charge is -2.29. The third kappa shape index (κ3) is 5.51. The molecule has 0 unspecified atom stereocenters. The molecular weight excluding hydrogens is 703 g/mol. The van der Waals surface area contributed by atoms with E-state index in [1.54, 1.807) is 0 Å². The first-order valence-corrected chi connectivity index (χ1v) is 20.3. The summed E-state index contributed by atoms with van der Waals surface area (Å²) in [5.74, 6) is 0. The lowest BCUT2D eigenvalue weighted by atomic mass is 9.91. The van der Waals surface area contributed by atoms with Crippen molar-refractivity contribution in [3.63, 3.8) is 0 Å². The first-order chi connectivity index (χ1) is 27.2. The fraction of sp³-hybridized carbons (Fsp3) is 0. The van der Waals surface area contributed by atoms with Crippen molar-refractivity contribution in [3.05, 3.63) is 200 Å². The van der Waals surface area contributed by atoms with Gasteiger partial charge in [-0.25, -0.2) is 0 Å². The van der Waals surface area contributed by atoms with Crippen LogP contribution in [0.4, 0.5) is 17.1 Å². The highest BCUT2D eigenvalue weighted by atomic mass is 32.1. The average molecular weight is 736 g/mol. The Labute approximate surface area is 327 Å². The number of anilines is 3. The Bertz CT molecular complexity index is 3210. The molecular formula is C52H33NS2. The molecule has 0 spiro atoms. The third-order valence-electron chi connectivity index (χ3n) is 10.8. The minimum absolute atomic E-state index is 1.11. The number of thiophene rings is 2. The molecule has 9 aromatic carbocycles. The molecule has 2 heterocycles. The van der Waals surface area contributed by atoms with Crippen LogP contribution in [0.2, 0.25) is 0 Å². The van der Waals surface area contributed by atoms with Crippen LogP contribution in [-0.4, -0.2) is 0 Å². The molecule has 0 aliphatic carbocycles. The summed E-state index contributed by atoms with van der Waals surface area (Å²) >= 11 is 3.75. The minimum atomic E-state index is 1.11. The summed E-state index contributed by atoms with van der Waals surface area (Å²) in [5, 5.41) is 7.78. The Balaban J connectivity index is 1.18. The van der Waals surface area contributed by atoms with Gasteiger partial charge in [-0.3, -0.25) is 0 Å². The summed E-state index contributed by atoms with van der Waals surface area (Å²) in [5.41, 5.74) is 10.6. The van der Waals surface area contributed by atoms with Gasteiger partial charge in [0.05, 0.1) is 5.69 Å². The van der Waals surface area contributed by atoms with Gasteiger partial charge in [-0.05, 0) is 93.2 Å². The Morgan fingerprint density at radius 2 is 0.909 bits per heavy atom. The molecule has 55 heavy (non-hydrogen) atoms. The maximum atomic E-state index is 2.47. The molecule has 258 valence electrons. The number of nitrogens with zero attached hydrogens (tertiary/aromatic N) is 1. The van der Waals surface area contributed by atoms with E-state index in [4.69, 9.17) is 0 Å². The summed E-state index contributed by atoms with van der Waals surface area (Å²) in [4.78, 5) is 2.47. The predicted octanol–water partition coefficient (Wildman–Crippen LogP) is 16.0. The minimum Gasteiger partial charge on any atom is -0.310 e. The second kappa shape index (κ2) is 13.1. The molecule has 0 amide bonds. The molecule has 2 aromatic heterocycles. The van der Waals surface area contributed by atoms with Crippen LogP contribution in [0.5, 0.6) is 0 Å². The molecule has 0 saturated heterocycles. The third-order valence-corrected chi connectivity index (χ3v) is 13.1. The quantitative estimate of drug-likeness (QED) is 0.164. The Morgan fingerprint density at radius 1 is 0.309 bits per heavy atom. The van der Waals surface area contributed by atoms with Gasteiger partial charge in [0.2, 0.25) is 0 Å². The van der Waals surface area contributed by atoms with E-state index in [2.05, 4.69) is 205 Å². The van der Waals surface area contributed by atoms with Crippen LogP contribution in [0, 0.1) is 0 Å². The Morgan fingerprint density at radius 3 is 1.76 bits per heavy atom. The first-order valence-electron chi connectivity index (χ1n) is 18.7. The maximum Gasteiger partial charge on any atom is 0.0546 e. The van der Waals surface area contributed by atoms with E-state index in [0.29, 0.717) is 0 Å². The Kier molecular flexibility index (Phi) is 7.61. The van der Waals surface area contributed by atoms with Crippen molar-refractivity contribution in [2.24, 2.45) is 0 Å². The maximum absolute atomic E-state index is 2.47. The highest BCUT2D eigenvalue weighted by Crippen LogP contribution is 2.49. The first kappa shape index (κ1) is 32.0. The normalized spacial score (nSPS) is 11.6. The zero-order chi connectivity index (χ0) is 36.3. The summed E-state index contributed by atoms with van der Waals surface area (Å²) in [6, 6.07) is 73.6. The number of rotatable bonds is 6. The highest BCUT2D eigenvalue weighted by Gasteiger charge is 2.22. The van der Waals surface area contributed by atoms with Gasteiger partial charge in [-0.1, -0.05) is 146 Å². The van der Waals surface area contributed by atoms with Crippen LogP contribution >= 0.6 is 22.7 Å². The fourth-order valence-electron chi connectivity index (χ4n) is 8.24. The van der Waals surface area contributed by atoms with Crippen molar-refractivity contribution < 1.29 is 0 Å². The molecule has 0 bridgehead atoms. The lowest BCUT2D eigenvalue weighted by molar-refractivity contribution is 1.29. The Hall–Kier alpha value is -6.52. The van der Waals surface area contributed by atoms with E-state index in [0.717, 1.165) is 17.1 Å². The van der Waals surface area contributed by atoms with E-state index in [1.807, 2.05) is 22.7 Å². The van der Waals surface area contributed by atoms with Crippen LogP contribution in [0.25, 0.3) is 84.5 Å². The number of benzene rings is 9. The van der Waals surface area contributed by atoms with Crippen molar-refractivity contribution >= 4 is 90.9 Å². The van der Waals surface area contributed by atoms with Crippen LogP contribution in [0.15, 0.2) is 200 Å². The predicted molar refractivity (Wildman–Crippen MR) is 241 cm³/mol. The lowest BCUT2D eigenvalue weighted by Crippen LogP contribution is -2.12. The summed E-state index contributed by atoms with van der Waals surface area (Å²) in [6.45, 7) is 0. The van der Waals surface area contributed by atoms with Gasteiger partial charge in [-0.15, -0.1) is 22.7 Å². The molecule has 0 N–H and O–H groups in total. The molecule has 0 saturated carbocycles. The summed E-state index contributed by atoms with van der Waals surface area (Å²) < 4.78 is 5.20. The zero-order valence-corrected chi connectivity index (χ0v) is 31.4. The van der Waals surface area contributed by atoms with Crippen molar-refractivity contribution in [2.45, 2.75) is 0 Å². The van der Waals surface area contributed by atoms with Gasteiger partial charge >= 0.3 is 0 Å². The van der Waals surface area contributed by atoms with Crippen molar-refractivity contribution in [2.75, 3.05) is 4.90 Å². The topological polar surface area (TPSA) is 3.24 Å². The van der Waals surface area contributed by atoms with E-state index < -0.39 is 0 Å². The molecule has 11 rings (SSSR count). The van der Waals surface area contributed by atoms with Crippen molar-refractivity contribution in [3.8, 4) is 33.4 Å². The zero-order valence-electron chi connectivity index (χ0n) is 29.8. The average Bonchev–Trinajstić information content (AvgIpc) is 3.80. The summed E-state index contributed by atoms with van der Waals surface area (Å²) in [7, 11) is 0.